The number of hydrogen-bond acceptors (Lipinski definition) is 5. The van der Waals surface area contributed by atoms with Crippen molar-refractivity contribution in [3.63, 3.8) is 0 Å². The molecule has 202 valence electrons. The van der Waals surface area contributed by atoms with E-state index in [0.717, 1.165) is 28.5 Å². The van der Waals surface area contributed by atoms with Crippen molar-refractivity contribution >= 4 is 43.2 Å². The van der Waals surface area contributed by atoms with Gasteiger partial charge in [-0.15, -0.1) is 0 Å². The number of benzene rings is 3. The topological polar surface area (TPSA) is 79.0 Å². The van der Waals surface area contributed by atoms with Gasteiger partial charge in [0.15, 0.2) is 0 Å². The minimum absolute atomic E-state index is 0.0566. The van der Waals surface area contributed by atoms with E-state index < -0.39 is 15.9 Å². The first-order valence-electron chi connectivity index (χ1n) is 12.7. The summed E-state index contributed by atoms with van der Waals surface area (Å²) in [5, 5.41) is 2.88. The zero-order chi connectivity index (χ0) is 27.3. The minimum atomic E-state index is -4.03. The predicted octanol–water partition coefficient (Wildman–Crippen LogP) is 5.51. The number of aryl methyl sites for hydroxylation is 1. The number of carbonyl (C=O) groups is 1. The molecule has 7 nitrogen and oxygen atoms in total. The number of carbonyl (C=O) groups excluding carboxylic acids is 1. The average Bonchev–Trinajstić information content (AvgIpc) is 2.91. The van der Waals surface area contributed by atoms with Gasteiger partial charge in [0.25, 0.3) is 10.0 Å². The Labute approximate surface area is 234 Å². The number of anilines is 2. The normalized spacial score (nSPS) is 15.7. The molecule has 9 heteroatoms. The van der Waals surface area contributed by atoms with Crippen molar-refractivity contribution < 1.29 is 17.9 Å². The van der Waals surface area contributed by atoms with Crippen molar-refractivity contribution in [1.82, 2.24) is 5.32 Å². The Morgan fingerprint density at radius 2 is 1.82 bits per heavy atom. The molecule has 3 aromatic carbocycles. The largest absolute Gasteiger partial charge is 0.496 e. The summed E-state index contributed by atoms with van der Waals surface area (Å²) in [6.07, 6.45) is 2.47. The highest BCUT2D eigenvalue weighted by molar-refractivity contribution is 9.10. The second-order valence-electron chi connectivity index (χ2n) is 9.78. The zero-order valence-corrected chi connectivity index (χ0v) is 24.4. The van der Waals surface area contributed by atoms with Crippen LogP contribution in [-0.4, -0.2) is 41.1 Å². The van der Waals surface area contributed by atoms with E-state index in [4.69, 9.17) is 4.74 Å². The standard InChI is InChI=1S/C29H34BrN3O4S/c1-21-6-10-25(11-7-21)33(38(35,36)26-14-15-28(37-3)27(30)17-26)20-29(34)31-18-23-8-12-24(13-9-23)32-16-4-5-22(2)19-32/h6-15,17,22H,4-5,16,18-20H2,1-3H3,(H,31,34). The third kappa shape index (κ3) is 6.69. The van der Waals surface area contributed by atoms with Crippen molar-refractivity contribution in [2.24, 2.45) is 5.92 Å². The highest BCUT2D eigenvalue weighted by atomic mass is 79.9. The summed E-state index contributed by atoms with van der Waals surface area (Å²) >= 11 is 3.36. The first kappa shape index (κ1) is 28.0. The molecule has 1 saturated heterocycles. The Balaban J connectivity index is 1.48. The van der Waals surface area contributed by atoms with E-state index in [9.17, 15) is 13.2 Å². The number of ether oxygens (including phenoxy) is 1. The number of amides is 1. The van der Waals surface area contributed by atoms with Gasteiger partial charge in [-0.3, -0.25) is 9.10 Å². The lowest BCUT2D eigenvalue weighted by atomic mass is 9.99. The number of rotatable bonds is 9. The van der Waals surface area contributed by atoms with Crippen molar-refractivity contribution in [2.75, 3.05) is 35.9 Å². The average molecular weight is 601 g/mol. The van der Waals surface area contributed by atoms with Crippen LogP contribution in [0.3, 0.4) is 0 Å². The van der Waals surface area contributed by atoms with E-state index in [-0.39, 0.29) is 11.4 Å². The monoisotopic (exact) mass is 599 g/mol. The summed E-state index contributed by atoms with van der Waals surface area (Å²) in [5.74, 6) is 0.814. The summed E-state index contributed by atoms with van der Waals surface area (Å²) < 4.78 is 34.2. The van der Waals surface area contributed by atoms with E-state index in [1.165, 1.54) is 37.8 Å². The van der Waals surface area contributed by atoms with Gasteiger partial charge < -0.3 is 15.0 Å². The summed E-state index contributed by atoms with van der Waals surface area (Å²) in [5.41, 5.74) is 3.55. The van der Waals surface area contributed by atoms with Crippen LogP contribution in [-0.2, 0) is 21.4 Å². The summed E-state index contributed by atoms with van der Waals surface area (Å²) in [6.45, 7) is 6.29. The second-order valence-corrected chi connectivity index (χ2v) is 12.5. The first-order chi connectivity index (χ1) is 18.2. The maximum absolute atomic E-state index is 13.7. The Kier molecular flexibility index (Phi) is 8.99. The van der Waals surface area contributed by atoms with E-state index in [0.29, 0.717) is 28.4 Å². The lowest BCUT2D eigenvalue weighted by molar-refractivity contribution is -0.119. The van der Waals surface area contributed by atoms with Gasteiger partial charge in [-0.1, -0.05) is 36.8 Å². The van der Waals surface area contributed by atoms with Crippen LogP contribution >= 0.6 is 15.9 Å². The molecular formula is C29H34BrN3O4S. The predicted molar refractivity (Wildman–Crippen MR) is 155 cm³/mol. The van der Waals surface area contributed by atoms with E-state index in [1.807, 2.05) is 31.2 Å². The number of nitrogens with one attached hydrogen (secondary N) is 1. The molecule has 1 fully saturated rings. The molecule has 4 rings (SSSR count). The maximum atomic E-state index is 13.7. The molecule has 1 unspecified atom stereocenters. The molecule has 0 aromatic heterocycles. The molecule has 1 N–H and O–H groups in total. The van der Waals surface area contributed by atoms with Crippen LogP contribution in [0.2, 0.25) is 0 Å². The van der Waals surface area contributed by atoms with Gasteiger partial charge in [0.1, 0.15) is 12.3 Å². The number of piperidine rings is 1. The Bertz CT molecular complexity index is 1360. The molecule has 0 aliphatic carbocycles. The lowest BCUT2D eigenvalue weighted by Crippen LogP contribution is -2.40. The third-order valence-corrected chi connectivity index (χ3v) is 9.16. The lowest BCUT2D eigenvalue weighted by Gasteiger charge is -2.32. The van der Waals surface area contributed by atoms with E-state index >= 15 is 0 Å². The molecule has 1 aliphatic heterocycles. The molecule has 0 saturated carbocycles. The minimum Gasteiger partial charge on any atom is -0.496 e. The zero-order valence-electron chi connectivity index (χ0n) is 22.0. The molecule has 3 aromatic rings. The van der Waals surface area contributed by atoms with Crippen LogP contribution in [0.4, 0.5) is 11.4 Å². The van der Waals surface area contributed by atoms with Gasteiger partial charge >= 0.3 is 0 Å². The maximum Gasteiger partial charge on any atom is 0.264 e. The molecule has 1 amide bonds. The van der Waals surface area contributed by atoms with Gasteiger partial charge in [-0.05, 0) is 89.6 Å². The van der Waals surface area contributed by atoms with Crippen molar-refractivity contribution in [1.29, 1.82) is 0 Å². The fourth-order valence-corrected chi connectivity index (χ4v) is 6.74. The SMILES string of the molecule is COc1ccc(S(=O)(=O)N(CC(=O)NCc2ccc(N3CCCC(C)C3)cc2)c2ccc(C)cc2)cc1Br. The number of hydrogen-bond donors (Lipinski definition) is 1. The quantitative estimate of drug-likeness (QED) is 0.350. The molecular weight excluding hydrogens is 566 g/mol. The molecule has 0 spiro atoms. The summed E-state index contributed by atoms with van der Waals surface area (Å²) in [4.78, 5) is 15.5. The number of halogens is 1. The fraction of sp³-hybridized carbons (Fsp3) is 0.345. The number of sulfonamides is 1. The summed E-state index contributed by atoms with van der Waals surface area (Å²) in [7, 11) is -2.52. The third-order valence-electron chi connectivity index (χ3n) is 6.77. The van der Waals surface area contributed by atoms with Crippen LogP contribution < -0.4 is 19.3 Å². The van der Waals surface area contributed by atoms with Crippen molar-refractivity contribution in [3.8, 4) is 5.75 Å². The van der Waals surface area contributed by atoms with Crippen LogP contribution in [0.25, 0.3) is 0 Å². The van der Waals surface area contributed by atoms with Gasteiger partial charge in [0.05, 0.1) is 22.2 Å². The highest BCUT2D eigenvalue weighted by Crippen LogP contribution is 2.31. The van der Waals surface area contributed by atoms with Crippen molar-refractivity contribution in [3.05, 3.63) is 82.3 Å². The van der Waals surface area contributed by atoms with Crippen LogP contribution in [0.1, 0.15) is 30.9 Å². The molecule has 1 heterocycles. The van der Waals surface area contributed by atoms with Crippen LogP contribution in [0, 0.1) is 12.8 Å². The second kappa shape index (κ2) is 12.2. The Hall–Kier alpha value is -3.04. The van der Waals surface area contributed by atoms with Gasteiger partial charge in [0.2, 0.25) is 5.91 Å². The van der Waals surface area contributed by atoms with Gasteiger partial charge in [0, 0.05) is 25.3 Å². The van der Waals surface area contributed by atoms with Gasteiger partial charge in [-0.25, -0.2) is 8.42 Å². The Morgan fingerprint density at radius 1 is 1.11 bits per heavy atom. The Morgan fingerprint density at radius 3 is 2.45 bits per heavy atom. The summed E-state index contributed by atoms with van der Waals surface area (Å²) in [6, 6.07) is 19.8. The molecule has 38 heavy (non-hydrogen) atoms. The smallest absolute Gasteiger partial charge is 0.264 e. The molecule has 0 bridgehead atoms. The van der Waals surface area contributed by atoms with E-state index in [1.54, 1.807) is 18.2 Å². The number of methoxy groups -OCH3 is 1. The first-order valence-corrected chi connectivity index (χ1v) is 14.9. The fourth-order valence-electron chi connectivity index (χ4n) is 4.60. The molecule has 0 radical (unpaired) electrons. The molecule has 1 atom stereocenters. The van der Waals surface area contributed by atoms with Gasteiger partial charge in [-0.2, -0.15) is 0 Å². The van der Waals surface area contributed by atoms with Crippen LogP contribution in [0.15, 0.2) is 76.1 Å². The van der Waals surface area contributed by atoms with Crippen molar-refractivity contribution in [2.45, 2.75) is 38.1 Å². The van der Waals surface area contributed by atoms with E-state index in [2.05, 4.69) is 45.2 Å². The highest BCUT2D eigenvalue weighted by Gasteiger charge is 2.28. The number of nitrogens with zero attached hydrogens (tertiary/aromatic N) is 2. The molecule has 1 aliphatic rings. The van der Waals surface area contributed by atoms with Crippen LogP contribution in [0.5, 0.6) is 5.75 Å².